The molecule has 0 spiro atoms. The van der Waals surface area contributed by atoms with E-state index in [9.17, 15) is 14.7 Å². The highest BCUT2D eigenvalue weighted by atomic mass is 16.5. The third kappa shape index (κ3) is 5.49. The van der Waals surface area contributed by atoms with Crippen molar-refractivity contribution < 1.29 is 19.4 Å². The summed E-state index contributed by atoms with van der Waals surface area (Å²) < 4.78 is 15.0. The quantitative estimate of drug-likeness (QED) is 0.428. The van der Waals surface area contributed by atoms with E-state index < -0.39 is 18.1 Å². The summed E-state index contributed by atoms with van der Waals surface area (Å²) in [5, 5.41) is 13.4. The van der Waals surface area contributed by atoms with E-state index in [2.05, 4.69) is 16.0 Å². The van der Waals surface area contributed by atoms with Gasteiger partial charge in [-0.25, -0.2) is 4.98 Å². The number of aromatic nitrogens is 3. The number of aliphatic hydroxyl groups excluding tert-OH is 1. The number of carbonyl (C=O) groups is 1. The van der Waals surface area contributed by atoms with E-state index in [1.807, 2.05) is 31.3 Å². The first-order valence-electron chi connectivity index (χ1n) is 13.2. The minimum Gasteiger partial charge on any atom is -0.461 e. The second-order valence-electron chi connectivity index (χ2n) is 10.5. The summed E-state index contributed by atoms with van der Waals surface area (Å²) in [5.74, 6) is 0.812. The van der Waals surface area contributed by atoms with E-state index >= 15 is 0 Å². The van der Waals surface area contributed by atoms with E-state index in [0.717, 1.165) is 73.4 Å². The van der Waals surface area contributed by atoms with Crippen LogP contribution in [0.1, 0.15) is 43.7 Å². The fourth-order valence-electron chi connectivity index (χ4n) is 5.08. The van der Waals surface area contributed by atoms with Crippen LogP contribution in [0.15, 0.2) is 35.3 Å². The molecule has 0 amide bonds. The fraction of sp³-hybridized carbons (Fsp3) is 0.536. The Bertz CT molecular complexity index is 1310. The maximum Gasteiger partial charge on any atom is 0.326 e. The Morgan fingerprint density at radius 3 is 2.76 bits per heavy atom. The molecular weight excluding hydrogens is 472 g/mol. The molecule has 2 aromatic heterocycles. The predicted octanol–water partition coefficient (Wildman–Crippen LogP) is 2.68. The van der Waals surface area contributed by atoms with E-state index in [-0.39, 0.29) is 11.7 Å². The van der Waals surface area contributed by atoms with Gasteiger partial charge in [0.15, 0.2) is 0 Å². The molecule has 2 N–H and O–H groups in total. The van der Waals surface area contributed by atoms with Gasteiger partial charge in [0.2, 0.25) is 0 Å². The first-order chi connectivity index (χ1) is 17.8. The zero-order valence-corrected chi connectivity index (χ0v) is 21.8. The fourth-order valence-corrected chi connectivity index (χ4v) is 5.08. The number of aryl methyl sites for hydroxylation is 2. The maximum atomic E-state index is 12.6. The number of nitrogens with zero attached hydrogens (tertiary/aromatic N) is 3. The molecule has 198 valence electrons. The molecule has 1 aromatic carbocycles. The zero-order valence-electron chi connectivity index (χ0n) is 21.8. The number of esters is 1. The van der Waals surface area contributed by atoms with Gasteiger partial charge < -0.3 is 23.7 Å². The molecule has 3 heterocycles. The summed E-state index contributed by atoms with van der Waals surface area (Å²) in [6.45, 7) is 6.09. The van der Waals surface area contributed by atoms with E-state index in [0.29, 0.717) is 18.0 Å². The summed E-state index contributed by atoms with van der Waals surface area (Å²) in [4.78, 5) is 29.9. The highest BCUT2D eigenvalue weighted by Crippen LogP contribution is 2.28. The number of carbonyl (C=O) groups excluding carboxylic acids is 1. The van der Waals surface area contributed by atoms with Gasteiger partial charge in [-0.1, -0.05) is 6.07 Å². The monoisotopic (exact) mass is 508 g/mol. The van der Waals surface area contributed by atoms with Crippen LogP contribution in [0.2, 0.25) is 0 Å². The third-order valence-electron chi connectivity index (χ3n) is 7.50. The lowest BCUT2D eigenvalue weighted by Crippen LogP contribution is -2.47. The second kappa shape index (κ2) is 10.8. The van der Waals surface area contributed by atoms with Crippen LogP contribution >= 0.6 is 0 Å². The van der Waals surface area contributed by atoms with Crippen molar-refractivity contribution in [3.8, 4) is 11.4 Å². The SMILES string of the molecule is Cc1cc(-c2nc3cc(CN[C@H](C(=O)OC4CCC4)[C@@H](C)O)ccc3n2CC2CCOC2)cn(C)c1=O. The van der Waals surface area contributed by atoms with E-state index in [1.165, 1.54) is 0 Å². The van der Waals surface area contributed by atoms with Crippen molar-refractivity contribution in [1.29, 1.82) is 0 Å². The highest BCUT2D eigenvalue weighted by molar-refractivity contribution is 5.81. The van der Waals surface area contributed by atoms with Gasteiger partial charge in [-0.05, 0) is 63.3 Å². The Morgan fingerprint density at radius 1 is 1.30 bits per heavy atom. The number of aliphatic hydroxyl groups is 1. The van der Waals surface area contributed by atoms with Crippen molar-refractivity contribution in [1.82, 2.24) is 19.4 Å². The Kier molecular flexibility index (Phi) is 7.46. The third-order valence-corrected chi connectivity index (χ3v) is 7.50. The van der Waals surface area contributed by atoms with Crippen LogP contribution in [0.25, 0.3) is 22.4 Å². The molecule has 0 bridgehead atoms. The average Bonchev–Trinajstić information content (AvgIpc) is 3.47. The van der Waals surface area contributed by atoms with Crippen molar-refractivity contribution in [2.75, 3.05) is 13.2 Å². The summed E-state index contributed by atoms with van der Waals surface area (Å²) in [6, 6.07) is 7.19. The highest BCUT2D eigenvalue weighted by Gasteiger charge is 2.30. The Morgan fingerprint density at radius 2 is 2.11 bits per heavy atom. The molecule has 9 heteroatoms. The van der Waals surface area contributed by atoms with E-state index in [1.54, 1.807) is 18.5 Å². The number of hydrogen-bond donors (Lipinski definition) is 2. The van der Waals surface area contributed by atoms with Gasteiger partial charge in [0.25, 0.3) is 5.56 Å². The maximum absolute atomic E-state index is 12.6. The van der Waals surface area contributed by atoms with Crippen molar-refractivity contribution in [3.63, 3.8) is 0 Å². The van der Waals surface area contributed by atoms with Crippen LogP contribution in [-0.4, -0.2) is 56.7 Å². The molecule has 1 unspecified atom stereocenters. The van der Waals surface area contributed by atoms with Crippen molar-refractivity contribution in [2.24, 2.45) is 13.0 Å². The van der Waals surface area contributed by atoms with Gasteiger partial charge in [-0.3, -0.25) is 14.9 Å². The number of fused-ring (bicyclic) bond motifs is 1. The van der Waals surface area contributed by atoms with Crippen LogP contribution in [0.5, 0.6) is 0 Å². The molecule has 5 rings (SSSR count). The normalized spacial score (nSPS) is 19.6. The first-order valence-corrected chi connectivity index (χ1v) is 13.2. The van der Waals surface area contributed by atoms with Crippen molar-refractivity contribution in [2.45, 2.75) is 70.9 Å². The van der Waals surface area contributed by atoms with Crippen LogP contribution in [0.3, 0.4) is 0 Å². The number of pyridine rings is 1. The van der Waals surface area contributed by atoms with Crippen LogP contribution in [0.4, 0.5) is 0 Å². The van der Waals surface area contributed by atoms with Gasteiger partial charge in [-0.15, -0.1) is 0 Å². The molecule has 1 saturated heterocycles. The molecule has 9 nitrogen and oxygen atoms in total. The number of benzene rings is 1. The van der Waals surface area contributed by atoms with Gasteiger partial charge in [0.1, 0.15) is 18.0 Å². The van der Waals surface area contributed by atoms with Gasteiger partial charge in [0, 0.05) is 50.0 Å². The number of hydrogen-bond acceptors (Lipinski definition) is 7. The smallest absolute Gasteiger partial charge is 0.326 e. The van der Waals surface area contributed by atoms with Crippen molar-refractivity contribution in [3.05, 3.63) is 51.9 Å². The van der Waals surface area contributed by atoms with Gasteiger partial charge in [-0.2, -0.15) is 0 Å². The molecule has 2 aliphatic rings. The number of rotatable bonds is 9. The molecule has 3 atom stereocenters. The molecule has 3 aromatic rings. The minimum atomic E-state index is -0.872. The zero-order chi connectivity index (χ0) is 26.1. The summed E-state index contributed by atoms with van der Waals surface area (Å²) in [6.07, 6.45) is 4.80. The summed E-state index contributed by atoms with van der Waals surface area (Å²) >= 11 is 0. The molecular formula is C28H36N4O5. The predicted molar refractivity (Wildman–Crippen MR) is 140 cm³/mol. The topological polar surface area (TPSA) is 108 Å². The molecule has 1 aliphatic carbocycles. The summed E-state index contributed by atoms with van der Waals surface area (Å²) in [7, 11) is 1.76. The second-order valence-corrected chi connectivity index (χ2v) is 10.5. The van der Waals surface area contributed by atoms with Crippen LogP contribution in [-0.2, 0) is 34.4 Å². The lowest BCUT2D eigenvalue weighted by molar-refractivity contribution is -0.158. The Balaban J connectivity index is 1.43. The molecule has 2 fully saturated rings. The lowest BCUT2D eigenvalue weighted by Gasteiger charge is -2.28. The van der Waals surface area contributed by atoms with Gasteiger partial charge in [0.05, 0.1) is 23.7 Å². The standard InChI is InChI=1S/C28H36N4O5/c1-17-11-21(15-31(3)27(17)34)26-30-23-12-19(7-8-24(23)32(26)14-20-9-10-36-16-20)13-29-25(18(2)33)28(35)37-22-5-4-6-22/h7-8,11-12,15,18,20,22,25,29,33H,4-6,9-10,13-14,16H2,1-3H3/t18-,20?,25+/m1/s1. The average molecular weight is 509 g/mol. The van der Waals surface area contributed by atoms with Crippen LogP contribution in [0, 0.1) is 12.8 Å². The largest absolute Gasteiger partial charge is 0.461 e. The number of ether oxygens (including phenoxy) is 2. The number of imidazole rings is 1. The molecule has 1 aliphatic heterocycles. The van der Waals surface area contributed by atoms with Crippen LogP contribution < -0.4 is 10.9 Å². The van der Waals surface area contributed by atoms with Gasteiger partial charge >= 0.3 is 5.97 Å². The lowest BCUT2D eigenvalue weighted by atomic mass is 9.96. The van der Waals surface area contributed by atoms with E-state index in [4.69, 9.17) is 14.5 Å². The first kappa shape index (κ1) is 25.6. The minimum absolute atomic E-state index is 0.0209. The Labute approximate surface area is 216 Å². The van der Waals surface area contributed by atoms with Crippen molar-refractivity contribution >= 4 is 17.0 Å². The summed E-state index contributed by atoms with van der Waals surface area (Å²) in [5.41, 5.74) is 4.34. The molecule has 1 saturated carbocycles. The Hall–Kier alpha value is -3.01. The molecule has 0 radical (unpaired) electrons. The molecule has 37 heavy (non-hydrogen) atoms. The number of nitrogens with one attached hydrogen (secondary N) is 1.